The number of aromatic amines is 1. The second kappa shape index (κ2) is 9.17. The molecule has 0 radical (unpaired) electrons. The average molecular weight is 475 g/mol. The number of phenols is 1. The number of hydrogen-bond acceptors (Lipinski definition) is 4. The van der Waals surface area contributed by atoms with Crippen LogP contribution in [0.3, 0.4) is 0 Å². The van der Waals surface area contributed by atoms with Crippen LogP contribution in [0.15, 0.2) is 60.7 Å². The van der Waals surface area contributed by atoms with Gasteiger partial charge in [-0.25, -0.2) is 9.37 Å². The molecule has 0 fully saturated rings. The average Bonchev–Trinajstić information content (AvgIpc) is 3.21. The van der Waals surface area contributed by atoms with E-state index in [0.717, 1.165) is 17.0 Å². The first-order valence-corrected chi connectivity index (χ1v) is 13.1. The van der Waals surface area contributed by atoms with Gasteiger partial charge in [-0.2, -0.15) is 0 Å². The molecule has 0 bridgehead atoms. The number of hydrogen-bond donors (Lipinski definition) is 3. The highest BCUT2D eigenvalue weighted by molar-refractivity contribution is 7.67. The summed E-state index contributed by atoms with van der Waals surface area (Å²) in [5.41, 5.74) is 5.50. The number of amides is 1. The Morgan fingerprint density at radius 2 is 1.91 bits per heavy atom. The van der Waals surface area contributed by atoms with Crippen molar-refractivity contribution in [1.29, 1.82) is 0 Å². The van der Waals surface area contributed by atoms with Gasteiger partial charge in [-0.15, -0.1) is 0 Å². The fourth-order valence-corrected chi connectivity index (χ4v) is 3.99. The quantitative estimate of drug-likeness (QED) is 0.280. The summed E-state index contributed by atoms with van der Waals surface area (Å²) < 4.78 is 26.0. The Labute approximate surface area is 196 Å². The van der Waals surface area contributed by atoms with Gasteiger partial charge in [0.2, 0.25) is 0 Å². The molecule has 0 aliphatic heterocycles. The SMILES string of the molecule is Cc1cc(C#CP(C)(C)=O)cc(C(=O)NC(c2cc3ccccc3[nH]2)c2cc(F)ccc2O)n1. The maximum absolute atomic E-state index is 14.1. The number of nitrogens with zero attached hydrogens (tertiary/aromatic N) is 1. The molecule has 3 N–H and O–H groups in total. The van der Waals surface area contributed by atoms with Gasteiger partial charge in [0, 0.05) is 28.0 Å². The number of nitrogens with one attached hydrogen (secondary N) is 2. The molecule has 6 nitrogen and oxygen atoms in total. The molecule has 4 rings (SSSR count). The first kappa shape index (κ1) is 23.3. The third-order valence-electron chi connectivity index (χ3n) is 5.09. The Morgan fingerprint density at radius 3 is 2.65 bits per heavy atom. The zero-order chi connectivity index (χ0) is 24.5. The summed E-state index contributed by atoms with van der Waals surface area (Å²) >= 11 is 0. The minimum Gasteiger partial charge on any atom is -0.508 e. The van der Waals surface area contributed by atoms with Gasteiger partial charge in [0.05, 0.1) is 6.04 Å². The van der Waals surface area contributed by atoms with Crippen LogP contribution in [0.2, 0.25) is 0 Å². The molecule has 2 aromatic heterocycles. The predicted octanol–water partition coefficient (Wildman–Crippen LogP) is 5.17. The summed E-state index contributed by atoms with van der Waals surface area (Å²) in [4.78, 5) is 20.8. The van der Waals surface area contributed by atoms with Gasteiger partial charge in [0.1, 0.15) is 24.4 Å². The van der Waals surface area contributed by atoms with Crippen molar-refractivity contribution in [2.45, 2.75) is 13.0 Å². The van der Waals surface area contributed by atoms with Crippen molar-refractivity contribution >= 4 is 24.0 Å². The van der Waals surface area contributed by atoms with E-state index in [9.17, 15) is 18.9 Å². The van der Waals surface area contributed by atoms with Crippen LogP contribution in [0.1, 0.15) is 39.0 Å². The molecule has 0 aliphatic carbocycles. The van der Waals surface area contributed by atoms with Crippen molar-refractivity contribution in [3.05, 3.63) is 94.7 Å². The summed E-state index contributed by atoms with van der Waals surface area (Å²) in [5, 5.41) is 14.2. The molecular weight excluding hydrogens is 452 g/mol. The highest BCUT2D eigenvalue weighted by Crippen LogP contribution is 2.34. The highest BCUT2D eigenvalue weighted by atomic mass is 31.2. The van der Waals surface area contributed by atoms with Gasteiger partial charge in [-0.05, 0) is 73.8 Å². The van der Waals surface area contributed by atoms with E-state index in [4.69, 9.17) is 0 Å². The monoisotopic (exact) mass is 475 g/mol. The molecule has 1 atom stereocenters. The first-order chi connectivity index (χ1) is 16.1. The van der Waals surface area contributed by atoms with Crippen LogP contribution in [-0.4, -0.2) is 34.3 Å². The van der Waals surface area contributed by atoms with E-state index in [1.165, 1.54) is 18.2 Å². The summed E-state index contributed by atoms with van der Waals surface area (Å²) in [6.07, 6.45) is 0. The lowest BCUT2D eigenvalue weighted by Crippen LogP contribution is -2.30. The van der Waals surface area contributed by atoms with Crippen molar-refractivity contribution in [3.63, 3.8) is 0 Å². The van der Waals surface area contributed by atoms with E-state index in [-0.39, 0.29) is 17.0 Å². The number of carbonyl (C=O) groups is 1. The van der Waals surface area contributed by atoms with E-state index in [1.54, 1.807) is 26.3 Å². The highest BCUT2D eigenvalue weighted by Gasteiger charge is 2.24. The Morgan fingerprint density at radius 1 is 1.15 bits per heavy atom. The number of carbonyl (C=O) groups excluding carboxylic acids is 1. The number of para-hydroxylation sites is 1. The number of rotatable bonds is 4. The lowest BCUT2D eigenvalue weighted by atomic mass is 10.0. The minimum absolute atomic E-state index is 0.100. The molecule has 4 aromatic rings. The maximum Gasteiger partial charge on any atom is 0.270 e. The molecule has 0 spiro atoms. The number of H-pyrrole nitrogens is 1. The number of benzene rings is 2. The maximum atomic E-state index is 14.1. The number of pyridine rings is 1. The van der Waals surface area contributed by atoms with E-state index >= 15 is 0 Å². The summed E-state index contributed by atoms with van der Waals surface area (Å²) in [7, 11) is -2.56. The topological polar surface area (TPSA) is 95.1 Å². The number of aromatic hydroxyl groups is 1. The molecule has 0 aliphatic rings. The van der Waals surface area contributed by atoms with Crippen molar-refractivity contribution in [2.75, 3.05) is 13.3 Å². The number of phenolic OH excluding ortho intramolecular Hbond substituents is 1. The fourth-order valence-electron chi connectivity index (χ4n) is 3.59. The molecule has 0 saturated carbocycles. The zero-order valence-corrected chi connectivity index (χ0v) is 19.8. The number of halogens is 1. The van der Waals surface area contributed by atoms with Gasteiger partial charge in [-0.3, -0.25) is 4.79 Å². The summed E-state index contributed by atoms with van der Waals surface area (Å²) in [6.45, 7) is 4.86. The molecule has 2 aromatic carbocycles. The van der Waals surface area contributed by atoms with Crippen molar-refractivity contribution in [3.8, 4) is 17.3 Å². The second-order valence-corrected chi connectivity index (χ2v) is 11.3. The van der Waals surface area contributed by atoms with E-state index < -0.39 is 24.9 Å². The first-order valence-electron chi connectivity index (χ1n) is 10.5. The third-order valence-corrected chi connectivity index (χ3v) is 5.74. The second-order valence-electron chi connectivity index (χ2n) is 8.39. The minimum atomic E-state index is -2.56. The van der Waals surface area contributed by atoms with Gasteiger partial charge in [0.15, 0.2) is 0 Å². The van der Waals surface area contributed by atoms with Crippen molar-refractivity contribution in [1.82, 2.24) is 15.3 Å². The molecule has 0 saturated heterocycles. The predicted molar refractivity (Wildman–Crippen MR) is 131 cm³/mol. The summed E-state index contributed by atoms with van der Waals surface area (Å²) in [6, 6.07) is 15.3. The lowest BCUT2D eigenvalue weighted by Gasteiger charge is -2.19. The number of aryl methyl sites for hydroxylation is 1. The normalized spacial score (nSPS) is 12.1. The zero-order valence-electron chi connectivity index (χ0n) is 18.9. The van der Waals surface area contributed by atoms with Crippen LogP contribution in [0.4, 0.5) is 4.39 Å². The largest absolute Gasteiger partial charge is 0.508 e. The Kier molecular flexibility index (Phi) is 6.28. The number of aromatic nitrogens is 2. The molecule has 1 amide bonds. The Hall–Kier alpha value is -3.88. The van der Waals surface area contributed by atoms with E-state index in [2.05, 4.69) is 26.9 Å². The molecule has 34 heavy (non-hydrogen) atoms. The van der Waals surface area contributed by atoms with Crippen LogP contribution in [-0.2, 0) is 4.57 Å². The van der Waals surface area contributed by atoms with Crippen LogP contribution in [0.25, 0.3) is 10.9 Å². The smallest absolute Gasteiger partial charge is 0.270 e. The van der Waals surface area contributed by atoms with E-state index in [1.807, 2.05) is 30.3 Å². The molecule has 172 valence electrons. The standard InChI is InChI=1S/C26H23FN3O3P/c1-16-12-17(10-11-34(2,3)33)13-23(28-16)26(32)30-25(20-15-19(27)8-9-24(20)31)22-14-18-6-4-5-7-21(18)29-22/h4-9,12-15,25,29,31H,1-3H3,(H,30,32). The van der Waals surface area contributed by atoms with Crippen molar-refractivity contribution in [2.24, 2.45) is 0 Å². The lowest BCUT2D eigenvalue weighted by molar-refractivity contribution is 0.0936. The fraction of sp³-hybridized carbons (Fsp3) is 0.154. The van der Waals surface area contributed by atoms with Crippen LogP contribution in [0, 0.1) is 24.3 Å². The molecule has 2 heterocycles. The Bertz CT molecular complexity index is 1480. The van der Waals surface area contributed by atoms with Gasteiger partial charge in [-0.1, -0.05) is 24.1 Å². The number of fused-ring (bicyclic) bond motifs is 1. The molecule has 1 unspecified atom stereocenters. The van der Waals surface area contributed by atoms with Crippen LogP contribution in [0.5, 0.6) is 5.75 Å². The Balaban J connectivity index is 1.75. The van der Waals surface area contributed by atoms with Crippen LogP contribution < -0.4 is 5.32 Å². The summed E-state index contributed by atoms with van der Waals surface area (Å²) in [5.74, 6) is 1.61. The van der Waals surface area contributed by atoms with E-state index in [0.29, 0.717) is 17.0 Å². The van der Waals surface area contributed by atoms with Crippen molar-refractivity contribution < 1.29 is 18.9 Å². The third kappa shape index (κ3) is 5.36. The molecule has 8 heteroatoms. The van der Waals surface area contributed by atoms with Gasteiger partial charge >= 0.3 is 0 Å². The van der Waals surface area contributed by atoms with Gasteiger partial charge < -0.3 is 20.0 Å². The van der Waals surface area contributed by atoms with Crippen LogP contribution >= 0.6 is 7.14 Å². The molecular formula is C26H23FN3O3P. The van der Waals surface area contributed by atoms with Gasteiger partial charge in [0.25, 0.3) is 5.91 Å².